The van der Waals surface area contributed by atoms with Crippen molar-refractivity contribution in [1.82, 2.24) is 9.80 Å². The Morgan fingerprint density at radius 2 is 1.45 bits per heavy atom. The van der Waals surface area contributed by atoms with E-state index >= 15 is 0 Å². The lowest BCUT2D eigenvalue weighted by Gasteiger charge is -2.52. The zero-order valence-corrected chi connectivity index (χ0v) is 21.4. The molecule has 40 heavy (non-hydrogen) atoms. The molecule has 3 heterocycles. The van der Waals surface area contributed by atoms with Crippen LogP contribution >= 0.6 is 0 Å². The van der Waals surface area contributed by atoms with E-state index in [1.165, 1.54) is 4.90 Å². The van der Waals surface area contributed by atoms with Crippen LogP contribution in [0.1, 0.15) is 58.6 Å². The first-order valence-electron chi connectivity index (χ1n) is 13.1. The number of rotatable bonds is 3. The largest absolute Gasteiger partial charge is 0.442 e. The Kier molecular flexibility index (Phi) is 7.49. The van der Waals surface area contributed by atoms with E-state index in [4.69, 9.17) is 9.47 Å². The number of carbonyl (C=O) groups is 2. The van der Waals surface area contributed by atoms with Crippen molar-refractivity contribution in [3.8, 4) is 0 Å². The molecule has 0 saturated carbocycles. The first kappa shape index (κ1) is 28.3. The Hall–Kier alpha value is -3.28. The van der Waals surface area contributed by atoms with Crippen molar-refractivity contribution >= 4 is 12.0 Å². The van der Waals surface area contributed by atoms with Crippen molar-refractivity contribution in [2.45, 2.75) is 55.6 Å². The van der Waals surface area contributed by atoms with Gasteiger partial charge in [-0.3, -0.25) is 4.79 Å². The highest BCUT2D eigenvalue weighted by Crippen LogP contribution is 2.45. The second-order valence-corrected chi connectivity index (χ2v) is 10.5. The topological polar surface area (TPSA) is 59.1 Å². The first-order valence-corrected chi connectivity index (χ1v) is 13.1. The highest BCUT2D eigenvalue weighted by atomic mass is 19.4. The summed E-state index contributed by atoms with van der Waals surface area (Å²) in [6.07, 6.45) is -8.83. The van der Waals surface area contributed by atoms with Gasteiger partial charge in [0, 0.05) is 63.2 Å². The van der Waals surface area contributed by atoms with E-state index < -0.39 is 46.6 Å². The molecule has 0 aliphatic carbocycles. The molecule has 2 amide bonds. The van der Waals surface area contributed by atoms with Crippen LogP contribution < -0.4 is 0 Å². The Labute approximate surface area is 226 Å². The summed E-state index contributed by atoms with van der Waals surface area (Å²) in [7, 11) is 0. The number of alkyl halides is 6. The molecule has 1 spiro atoms. The molecule has 2 aromatic carbocycles. The van der Waals surface area contributed by atoms with Gasteiger partial charge in [-0.2, -0.15) is 26.3 Å². The maximum atomic E-state index is 13.3. The Morgan fingerprint density at radius 3 is 2.00 bits per heavy atom. The number of piperidine rings is 1. The summed E-state index contributed by atoms with van der Waals surface area (Å²) in [5, 5.41) is 0. The number of carbonyl (C=O) groups excluding carboxylic acids is 2. The van der Waals surface area contributed by atoms with Crippen LogP contribution in [0.4, 0.5) is 31.1 Å². The molecule has 0 bridgehead atoms. The zero-order chi connectivity index (χ0) is 28.7. The quantitative estimate of drug-likeness (QED) is 0.418. The monoisotopic (exact) mass is 570 g/mol. The number of hydrogen-bond acceptors (Lipinski definition) is 4. The fourth-order valence-electron chi connectivity index (χ4n) is 5.93. The van der Waals surface area contributed by atoms with Crippen LogP contribution in [-0.2, 0) is 21.8 Å². The average Bonchev–Trinajstić information content (AvgIpc) is 2.93. The number of likely N-dealkylation sites (tertiary alicyclic amines) is 1. The molecule has 0 radical (unpaired) electrons. The zero-order valence-electron chi connectivity index (χ0n) is 21.4. The van der Waals surface area contributed by atoms with E-state index in [0.717, 1.165) is 5.56 Å². The molecule has 2 aromatic rings. The van der Waals surface area contributed by atoms with Crippen molar-refractivity contribution in [2.75, 3.05) is 32.8 Å². The lowest BCUT2D eigenvalue weighted by Crippen LogP contribution is -2.61. The summed E-state index contributed by atoms with van der Waals surface area (Å²) < 4.78 is 91.6. The summed E-state index contributed by atoms with van der Waals surface area (Å²) in [5.74, 6) is -1.18. The van der Waals surface area contributed by atoms with E-state index in [0.29, 0.717) is 44.7 Å². The fourth-order valence-corrected chi connectivity index (χ4v) is 5.93. The van der Waals surface area contributed by atoms with Crippen molar-refractivity contribution in [2.24, 2.45) is 0 Å². The van der Waals surface area contributed by atoms with Crippen molar-refractivity contribution in [3.63, 3.8) is 0 Å². The van der Waals surface area contributed by atoms with E-state index in [2.05, 4.69) is 0 Å². The minimum absolute atomic E-state index is 0.00188. The third-order valence-electron chi connectivity index (χ3n) is 8.10. The molecule has 0 aromatic heterocycles. The highest BCUT2D eigenvalue weighted by Gasteiger charge is 2.52. The Bertz CT molecular complexity index is 1200. The van der Waals surface area contributed by atoms with Gasteiger partial charge in [0.05, 0.1) is 11.1 Å². The van der Waals surface area contributed by atoms with Gasteiger partial charge in [0.1, 0.15) is 5.60 Å². The third-order valence-corrected chi connectivity index (χ3v) is 8.10. The van der Waals surface area contributed by atoms with Gasteiger partial charge in [-0.05, 0) is 36.6 Å². The SMILES string of the molecule is O=C(c1cc(C(F)(F)F)cc(C(F)(F)F)c1)N1CCC2(CC1)OC(=O)N(C1CCOCC1)CC2c1ccccc1. The normalized spacial score (nSPS) is 22.4. The van der Waals surface area contributed by atoms with E-state index in [9.17, 15) is 35.9 Å². The van der Waals surface area contributed by atoms with Gasteiger partial charge >= 0.3 is 18.4 Å². The van der Waals surface area contributed by atoms with Crippen molar-refractivity contribution in [1.29, 1.82) is 0 Å². The second kappa shape index (κ2) is 10.6. The molecule has 3 aliphatic rings. The molecule has 0 N–H and O–H groups in total. The number of halogens is 6. The molecular formula is C28H28F6N2O4. The minimum atomic E-state index is -5.06. The van der Waals surface area contributed by atoms with E-state index in [1.54, 1.807) is 4.90 Å². The number of hydrogen-bond donors (Lipinski definition) is 0. The number of benzene rings is 2. The van der Waals surface area contributed by atoms with Gasteiger partial charge in [0.25, 0.3) is 5.91 Å². The number of ether oxygens (including phenoxy) is 2. The molecule has 1 atom stereocenters. The van der Waals surface area contributed by atoms with Crippen LogP contribution in [0.5, 0.6) is 0 Å². The van der Waals surface area contributed by atoms with Crippen LogP contribution in [0.3, 0.4) is 0 Å². The summed E-state index contributed by atoms with van der Waals surface area (Å²) >= 11 is 0. The highest BCUT2D eigenvalue weighted by molar-refractivity contribution is 5.94. The Balaban J connectivity index is 1.39. The van der Waals surface area contributed by atoms with Gasteiger partial charge in [0.15, 0.2) is 0 Å². The van der Waals surface area contributed by atoms with Crippen LogP contribution in [0.25, 0.3) is 0 Å². The first-order chi connectivity index (χ1) is 18.9. The van der Waals surface area contributed by atoms with Crippen molar-refractivity contribution < 1.29 is 45.4 Å². The van der Waals surface area contributed by atoms with E-state index in [-0.39, 0.29) is 44.0 Å². The average molecular weight is 571 g/mol. The van der Waals surface area contributed by atoms with Gasteiger partial charge in [-0.25, -0.2) is 4.79 Å². The van der Waals surface area contributed by atoms with Gasteiger partial charge < -0.3 is 19.3 Å². The Morgan fingerprint density at radius 1 is 0.875 bits per heavy atom. The van der Waals surface area contributed by atoms with Gasteiger partial charge in [-0.15, -0.1) is 0 Å². The molecule has 3 fully saturated rings. The lowest BCUT2D eigenvalue weighted by atomic mass is 9.74. The molecular weight excluding hydrogens is 542 g/mol. The molecule has 6 nitrogen and oxygen atoms in total. The molecule has 12 heteroatoms. The maximum absolute atomic E-state index is 13.3. The second-order valence-electron chi connectivity index (χ2n) is 10.5. The van der Waals surface area contributed by atoms with Crippen LogP contribution in [0.2, 0.25) is 0 Å². The molecule has 216 valence electrons. The van der Waals surface area contributed by atoms with Crippen LogP contribution in [-0.4, -0.2) is 66.3 Å². The standard InChI is InChI=1S/C28H28F6N2O4/c29-27(30,31)20-14-19(15-21(16-20)28(32,33)34)24(37)35-10-8-26(9-11-35)23(18-4-2-1-3-5-18)17-36(25(38)40-26)22-6-12-39-13-7-22/h1-5,14-16,22-23H,6-13,17H2. The predicted molar refractivity (Wildman–Crippen MR) is 131 cm³/mol. The number of nitrogens with zero attached hydrogens (tertiary/aromatic N) is 2. The van der Waals surface area contributed by atoms with Crippen LogP contribution in [0.15, 0.2) is 48.5 Å². The smallest absolute Gasteiger partial charge is 0.416 e. The third kappa shape index (κ3) is 5.63. The fraction of sp³-hybridized carbons (Fsp3) is 0.500. The predicted octanol–water partition coefficient (Wildman–Crippen LogP) is 6.11. The van der Waals surface area contributed by atoms with Crippen molar-refractivity contribution in [3.05, 3.63) is 70.8 Å². The summed E-state index contributed by atoms with van der Waals surface area (Å²) in [4.78, 5) is 29.3. The van der Waals surface area contributed by atoms with E-state index in [1.807, 2.05) is 30.3 Å². The molecule has 1 unspecified atom stereocenters. The molecule has 3 saturated heterocycles. The summed E-state index contributed by atoms with van der Waals surface area (Å²) in [6, 6.07) is 10.4. The van der Waals surface area contributed by atoms with Gasteiger partial charge in [0.2, 0.25) is 0 Å². The van der Waals surface area contributed by atoms with Gasteiger partial charge in [-0.1, -0.05) is 30.3 Å². The molecule has 3 aliphatic heterocycles. The molecule has 5 rings (SSSR count). The summed E-state index contributed by atoms with van der Waals surface area (Å²) in [6.45, 7) is 1.48. The van der Waals surface area contributed by atoms with Crippen LogP contribution in [0, 0.1) is 0 Å². The lowest BCUT2D eigenvalue weighted by molar-refractivity contribution is -0.143. The maximum Gasteiger partial charge on any atom is 0.416 e. The number of amides is 2. The minimum Gasteiger partial charge on any atom is -0.442 e. The summed E-state index contributed by atoms with van der Waals surface area (Å²) in [5.41, 5.74) is -3.80.